The molecule has 7 nitrogen and oxygen atoms in total. The van der Waals surface area contributed by atoms with E-state index in [0.717, 1.165) is 10.7 Å². The van der Waals surface area contributed by atoms with Gasteiger partial charge in [-0.3, -0.25) is 4.40 Å². The van der Waals surface area contributed by atoms with Gasteiger partial charge in [0.2, 0.25) is 5.88 Å². The van der Waals surface area contributed by atoms with E-state index >= 15 is 0 Å². The number of fused-ring (bicyclic) bond motifs is 1. The number of amides is 1. The van der Waals surface area contributed by atoms with Crippen LogP contribution in [0.2, 0.25) is 0 Å². The molecule has 2 N–H and O–H groups in total. The SMILES string of the molecule is COc1nc2sccn2c1CNCC(NC(=O)OC(C)(C)C)C(C)C. The van der Waals surface area contributed by atoms with E-state index in [0.29, 0.717) is 19.0 Å². The van der Waals surface area contributed by atoms with Crippen molar-refractivity contribution in [2.45, 2.75) is 52.8 Å². The molecule has 8 heteroatoms. The minimum absolute atomic E-state index is 0.0354. The van der Waals surface area contributed by atoms with Gasteiger partial charge in [0.1, 0.15) is 11.3 Å². The molecule has 0 saturated carbocycles. The summed E-state index contributed by atoms with van der Waals surface area (Å²) >= 11 is 1.57. The Labute approximate surface area is 152 Å². The van der Waals surface area contributed by atoms with Crippen LogP contribution in [0.1, 0.15) is 40.3 Å². The average Bonchev–Trinajstić information content (AvgIpc) is 3.05. The molecule has 0 spiro atoms. The fourth-order valence-corrected chi connectivity index (χ4v) is 3.12. The zero-order valence-electron chi connectivity index (χ0n) is 15.8. The predicted octanol–water partition coefficient (Wildman–Crippen LogP) is 3.04. The number of hydrogen-bond donors (Lipinski definition) is 2. The van der Waals surface area contributed by atoms with Crippen LogP contribution in [0, 0.1) is 5.92 Å². The lowest BCUT2D eigenvalue weighted by molar-refractivity contribution is 0.0490. The van der Waals surface area contributed by atoms with Crippen LogP contribution in [0.25, 0.3) is 4.96 Å². The molecular weight excluding hydrogens is 340 g/mol. The van der Waals surface area contributed by atoms with Crippen LogP contribution in [0.4, 0.5) is 4.79 Å². The quantitative estimate of drug-likeness (QED) is 0.785. The summed E-state index contributed by atoms with van der Waals surface area (Å²) in [4.78, 5) is 17.4. The average molecular weight is 369 g/mol. The van der Waals surface area contributed by atoms with Crippen LogP contribution in [-0.4, -0.2) is 40.8 Å². The van der Waals surface area contributed by atoms with Crippen molar-refractivity contribution in [2.24, 2.45) is 5.92 Å². The Hall–Kier alpha value is -1.80. The van der Waals surface area contributed by atoms with E-state index in [9.17, 15) is 4.79 Å². The van der Waals surface area contributed by atoms with Crippen LogP contribution in [0.5, 0.6) is 5.88 Å². The first-order valence-electron chi connectivity index (χ1n) is 8.40. The number of aromatic nitrogens is 2. The third kappa shape index (κ3) is 5.34. The van der Waals surface area contributed by atoms with Gasteiger partial charge in [-0.25, -0.2) is 4.79 Å². The maximum Gasteiger partial charge on any atom is 0.407 e. The first kappa shape index (κ1) is 19.5. The molecule has 0 bridgehead atoms. The van der Waals surface area contributed by atoms with Crippen molar-refractivity contribution in [2.75, 3.05) is 13.7 Å². The summed E-state index contributed by atoms with van der Waals surface area (Å²) in [5, 5.41) is 8.32. The molecule has 0 aliphatic rings. The van der Waals surface area contributed by atoms with E-state index in [1.54, 1.807) is 18.4 Å². The molecule has 140 valence electrons. The Balaban J connectivity index is 1.94. The molecule has 0 saturated heterocycles. The van der Waals surface area contributed by atoms with Gasteiger partial charge in [0.05, 0.1) is 7.11 Å². The minimum atomic E-state index is -0.505. The summed E-state index contributed by atoms with van der Waals surface area (Å²) in [6, 6.07) is -0.0354. The topological polar surface area (TPSA) is 76.9 Å². The standard InChI is InChI=1S/C17H28N4O3S/c1-11(2)12(19-16(22)24-17(3,4)5)9-18-10-13-14(23-6)20-15-21(13)7-8-25-15/h7-8,11-12,18H,9-10H2,1-6H3,(H,19,22). The molecule has 2 rings (SSSR count). The molecule has 0 aromatic carbocycles. The van der Waals surface area contributed by atoms with E-state index in [2.05, 4.69) is 29.5 Å². The normalized spacial score (nSPS) is 13.2. The van der Waals surface area contributed by atoms with Crippen molar-refractivity contribution < 1.29 is 14.3 Å². The largest absolute Gasteiger partial charge is 0.480 e. The highest BCUT2D eigenvalue weighted by molar-refractivity contribution is 7.15. The van der Waals surface area contributed by atoms with E-state index in [4.69, 9.17) is 9.47 Å². The zero-order valence-corrected chi connectivity index (χ0v) is 16.6. The molecule has 2 heterocycles. The Morgan fingerprint density at radius 3 is 2.72 bits per heavy atom. The molecule has 0 aliphatic carbocycles. The monoisotopic (exact) mass is 368 g/mol. The second-order valence-electron chi connectivity index (χ2n) is 7.25. The number of carbonyl (C=O) groups is 1. The van der Waals surface area contributed by atoms with Gasteiger partial charge in [0.15, 0.2) is 4.96 Å². The van der Waals surface area contributed by atoms with Crippen molar-refractivity contribution >= 4 is 22.4 Å². The van der Waals surface area contributed by atoms with Crippen LogP contribution < -0.4 is 15.4 Å². The lowest BCUT2D eigenvalue weighted by atomic mass is 10.0. The molecule has 1 atom stereocenters. The van der Waals surface area contributed by atoms with Crippen molar-refractivity contribution in [3.63, 3.8) is 0 Å². The second-order valence-corrected chi connectivity index (χ2v) is 8.12. The minimum Gasteiger partial charge on any atom is -0.480 e. The van der Waals surface area contributed by atoms with E-state index in [-0.39, 0.29) is 12.0 Å². The lowest BCUT2D eigenvalue weighted by Crippen LogP contribution is -2.47. The van der Waals surface area contributed by atoms with Gasteiger partial charge in [0.25, 0.3) is 0 Å². The molecule has 2 aromatic heterocycles. The Kier molecular flexibility index (Phi) is 6.29. The van der Waals surface area contributed by atoms with Gasteiger partial charge < -0.3 is 20.1 Å². The van der Waals surface area contributed by atoms with Crippen LogP contribution in [0.3, 0.4) is 0 Å². The number of nitrogens with zero attached hydrogens (tertiary/aromatic N) is 2. The summed E-state index contributed by atoms with van der Waals surface area (Å²) in [6.07, 6.45) is 1.58. The highest BCUT2D eigenvalue weighted by Gasteiger charge is 2.22. The number of rotatable bonds is 7. The number of imidazole rings is 1. The number of alkyl carbamates (subject to hydrolysis) is 1. The molecule has 25 heavy (non-hydrogen) atoms. The third-order valence-corrected chi connectivity index (χ3v) is 4.44. The van der Waals surface area contributed by atoms with Crippen LogP contribution in [0.15, 0.2) is 11.6 Å². The van der Waals surface area contributed by atoms with Crippen molar-refractivity contribution in [3.05, 3.63) is 17.3 Å². The maximum atomic E-state index is 12.0. The Morgan fingerprint density at radius 2 is 2.12 bits per heavy atom. The van der Waals surface area contributed by atoms with Gasteiger partial charge >= 0.3 is 6.09 Å². The highest BCUT2D eigenvalue weighted by atomic mass is 32.1. The smallest absolute Gasteiger partial charge is 0.407 e. The highest BCUT2D eigenvalue weighted by Crippen LogP contribution is 2.22. The molecular formula is C17H28N4O3S. The van der Waals surface area contributed by atoms with E-state index < -0.39 is 11.7 Å². The summed E-state index contributed by atoms with van der Waals surface area (Å²) in [6.45, 7) is 10.9. The summed E-state index contributed by atoms with van der Waals surface area (Å²) in [5.74, 6) is 0.897. The number of ether oxygens (including phenoxy) is 2. The fourth-order valence-electron chi connectivity index (χ4n) is 2.40. The van der Waals surface area contributed by atoms with Crippen molar-refractivity contribution in [3.8, 4) is 5.88 Å². The molecule has 0 fully saturated rings. The summed E-state index contributed by atoms with van der Waals surface area (Å²) in [5.41, 5.74) is 0.465. The lowest BCUT2D eigenvalue weighted by Gasteiger charge is -2.26. The fraction of sp³-hybridized carbons (Fsp3) is 0.647. The number of hydrogen-bond acceptors (Lipinski definition) is 6. The van der Waals surface area contributed by atoms with E-state index in [1.165, 1.54) is 0 Å². The maximum absolute atomic E-state index is 12.0. The number of methoxy groups -OCH3 is 1. The van der Waals surface area contributed by atoms with Gasteiger partial charge in [-0.1, -0.05) is 13.8 Å². The zero-order chi connectivity index (χ0) is 18.6. The van der Waals surface area contributed by atoms with Crippen molar-refractivity contribution in [1.82, 2.24) is 20.0 Å². The predicted molar refractivity (Wildman–Crippen MR) is 99.3 cm³/mol. The van der Waals surface area contributed by atoms with Gasteiger partial charge in [-0.05, 0) is 26.7 Å². The third-order valence-electron chi connectivity index (χ3n) is 3.68. The van der Waals surface area contributed by atoms with Gasteiger partial charge in [-0.15, -0.1) is 11.3 Å². The van der Waals surface area contributed by atoms with Crippen molar-refractivity contribution in [1.29, 1.82) is 0 Å². The number of thiazole rings is 1. The Morgan fingerprint density at radius 1 is 1.40 bits per heavy atom. The molecule has 0 radical (unpaired) electrons. The van der Waals surface area contributed by atoms with E-state index in [1.807, 2.05) is 36.7 Å². The molecule has 1 unspecified atom stereocenters. The number of carbonyl (C=O) groups excluding carboxylic acids is 1. The second kappa shape index (κ2) is 8.05. The van der Waals surface area contributed by atoms with Gasteiger partial charge in [-0.2, -0.15) is 4.98 Å². The Bertz CT molecular complexity index is 702. The summed E-state index contributed by atoms with van der Waals surface area (Å²) < 4.78 is 12.7. The number of nitrogens with one attached hydrogen (secondary N) is 2. The molecule has 1 amide bonds. The first-order valence-corrected chi connectivity index (χ1v) is 9.28. The first-order chi connectivity index (χ1) is 11.7. The molecule has 2 aromatic rings. The van der Waals surface area contributed by atoms with Crippen LogP contribution in [-0.2, 0) is 11.3 Å². The summed E-state index contributed by atoms with van der Waals surface area (Å²) in [7, 11) is 1.62. The van der Waals surface area contributed by atoms with Crippen LogP contribution >= 0.6 is 11.3 Å². The molecule has 0 aliphatic heterocycles. The van der Waals surface area contributed by atoms with Gasteiger partial charge in [0, 0.05) is 30.7 Å².